The van der Waals surface area contributed by atoms with Crippen molar-refractivity contribution in [1.29, 1.82) is 0 Å². The van der Waals surface area contributed by atoms with Crippen LogP contribution in [0.25, 0.3) is 10.9 Å². The van der Waals surface area contributed by atoms with Crippen LogP contribution in [0.4, 0.5) is 0 Å². The molecule has 0 saturated heterocycles. The molecule has 3 heterocycles. The van der Waals surface area contributed by atoms with Crippen molar-refractivity contribution >= 4 is 16.8 Å². The maximum absolute atomic E-state index is 13.8. The van der Waals surface area contributed by atoms with Crippen molar-refractivity contribution < 1.29 is 14.3 Å². The summed E-state index contributed by atoms with van der Waals surface area (Å²) < 4.78 is 11.8. The summed E-state index contributed by atoms with van der Waals surface area (Å²) in [4.78, 5) is 15.8. The molecule has 1 atom stereocenters. The monoisotopic (exact) mass is 403 g/mol. The number of fused-ring (bicyclic) bond motifs is 4. The molecular formula is C24H25N3O3. The Morgan fingerprint density at radius 2 is 1.93 bits per heavy atom. The molecule has 1 unspecified atom stereocenters. The van der Waals surface area contributed by atoms with Crippen molar-refractivity contribution in [3.8, 4) is 11.5 Å². The number of ether oxygens (including phenoxy) is 2. The molecule has 1 saturated carbocycles. The first-order chi connectivity index (χ1) is 14.7. The van der Waals surface area contributed by atoms with E-state index in [0.717, 1.165) is 41.8 Å². The van der Waals surface area contributed by atoms with Crippen LogP contribution in [0.15, 0.2) is 36.5 Å². The zero-order valence-corrected chi connectivity index (χ0v) is 17.1. The largest absolute Gasteiger partial charge is 0.486 e. The molecule has 1 aliphatic carbocycles. The topological polar surface area (TPSA) is 67.5 Å². The first kappa shape index (κ1) is 17.8. The summed E-state index contributed by atoms with van der Waals surface area (Å²) in [5, 5.41) is 8.11. The number of hydrogen-bond donors (Lipinski definition) is 1. The molecule has 0 radical (unpaired) electrons. The lowest BCUT2D eigenvalue weighted by atomic mass is 9.71. The second kappa shape index (κ2) is 6.49. The fourth-order valence-corrected chi connectivity index (χ4v) is 5.65. The minimum absolute atomic E-state index is 0.00474. The highest BCUT2D eigenvalue weighted by molar-refractivity contribution is 6.05. The van der Waals surface area contributed by atoms with Crippen molar-refractivity contribution in [1.82, 2.24) is 15.1 Å². The van der Waals surface area contributed by atoms with E-state index in [4.69, 9.17) is 9.47 Å². The van der Waals surface area contributed by atoms with Crippen molar-refractivity contribution in [3.63, 3.8) is 0 Å². The highest BCUT2D eigenvalue weighted by atomic mass is 16.6. The van der Waals surface area contributed by atoms with Crippen LogP contribution in [0.3, 0.4) is 0 Å². The molecule has 1 N–H and O–H groups in total. The van der Waals surface area contributed by atoms with Crippen LogP contribution in [-0.4, -0.2) is 40.8 Å². The molecular weight excluding hydrogens is 378 g/mol. The number of nitrogens with zero attached hydrogens (tertiary/aromatic N) is 2. The van der Waals surface area contributed by atoms with E-state index in [9.17, 15) is 4.79 Å². The van der Waals surface area contributed by atoms with E-state index in [-0.39, 0.29) is 17.4 Å². The number of nitrogens with one attached hydrogen (secondary N) is 1. The third-order valence-corrected chi connectivity index (χ3v) is 7.20. The van der Waals surface area contributed by atoms with Crippen LogP contribution < -0.4 is 9.47 Å². The number of rotatable bonds is 1. The minimum atomic E-state index is -0.0345. The van der Waals surface area contributed by atoms with Crippen molar-refractivity contribution in [2.24, 2.45) is 0 Å². The van der Waals surface area contributed by atoms with Gasteiger partial charge in [-0.2, -0.15) is 5.10 Å². The van der Waals surface area contributed by atoms with Gasteiger partial charge in [0.05, 0.1) is 23.3 Å². The summed E-state index contributed by atoms with van der Waals surface area (Å²) in [6.07, 6.45) is 6.36. The van der Waals surface area contributed by atoms with Crippen LogP contribution in [-0.2, 0) is 5.41 Å². The number of carbonyl (C=O) groups is 1. The van der Waals surface area contributed by atoms with E-state index in [1.165, 1.54) is 24.0 Å². The third-order valence-electron chi connectivity index (χ3n) is 7.20. The third kappa shape index (κ3) is 2.49. The Balaban J connectivity index is 1.48. The molecule has 6 heteroatoms. The highest BCUT2D eigenvalue weighted by Gasteiger charge is 2.46. The van der Waals surface area contributed by atoms with Gasteiger partial charge in [0, 0.05) is 17.3 Å². The van der Waals surface area contributed by atoms with Gasteiger partial charge in [0.15, 0.2) is 11.5 Å². The zero-order chi connectivity index (χ0) is 20.3. The number of benzene rings is 2. The standard InChI is InChI=1S/C24H25N3O3/c1-15-18-11-20-21(30-10-9-29-20)12-19(18)24(7-2-3-8-24)14-27(15)23(28)17-6-4-5-16-13-25-26-22(16)17/h4-6,11-13,15H,2-3,7-10,14H2,1H3,(H,25,26). The highest BCUT2D eigenvalue weighted by Crippen LogP contribution is 2.52. The predicted octanol–water partition coefficient (Wildman–Crippen LogP) is 4.36. The first-order valence-corrected chi connectivity index (χ1v) is 10.8. The van der Waals surface area contributed by atoms with Crippen molar-refractivity contribution in [2.75, 3.05) is 19.8 Å². The molecule has 2 aliphatic heterocycles. The van der Waals surface area contributed by atoms with Gasteiger partial charge >= 0.3 is 0 Å². The fraction of sp³-hybridized carbons (Fsp3) is 0.417. The van der Waals surface area contributed by atoms with Gasteiger partial charge in [0.1, 0.15) is 13.2 Å². The van der Waals surface area contributed by atoms with Crippen LogP contribution in [0.2, 0.25) is 0 Å². The molecule has 6 nitrogen and oxygen atoms in total. The molecule has 154 valence electrons. The second-order valence-corrected chi connectivity index (χ2v) is 8.82. The summed E-state index contributed by atoms with van der Waals surface area (Å²) in [6, 6.07) is 10.1. The molecule has 1 fully saturated rings. The fourth-order valence-electron chi connectivity index (χ4n) is 5.65. The average molecular weight is 403 g/mol. The van der Waals surface area contributed by atoms with E-state index >= 15 is 0 Å². The van der Waals surface area contributed by atoms with Crippen molar-refractivity contribution in [2.45, 2.75) is 44.1 Å². The van der Waals surface area contributed by atoms with Gasteiger partial charge in [-0.05, 0) is 49.1 Å². The zero-order valence-electron chi connectivity index (χ0n) is 17.1. The van der Waals surface area contributed by atoms with Crippen LogP contribution >= 0.6 is 0 Å². The van der Waals surface area contributed by atoms with E-state index in [1.54, 1.807) is 6.20 Å². The van der Waals surface area contributed by atoms with E-state index in [2.05, 4.69) is 34.2 Å². The molecule has 30 heavy (non-hydrogen) atoms. The summed E-state index contributed by atoms with van der Waals surface area (Å²) in [5.74, 6) is 1.70. The Labute approximate surface area is 175 Å². The Kier molecular flexibility index (Phi) is 3.85. The van der Waals surface area contributed by atoms with Gasteiger partial charge in [-0.3, -0.25) is 9.89 Å². The summed E-state index contributed by atoms with van der Waals surface area (Å²) >= 11 is 0. The summed E-state index contributed by atoms with van der Waals surface area (Å²) in [5.41, 5.74) is 4.03. The van der Waals surface area contributed by atoms with Gasteiger partial charge in [-0.1, -0.05) is 25.0 Å². The van der Waals surface area contributed by atoms with Gasteiger partial charge in [0.25, 0.3) is 5.91 Å². The average Bonchev–Trinajstić information content (AvgIpc) is 3.45. The van der Waals surface area contributed by atoms with Crippen molar-refractivity contribution in [3.05, 3.63) is 53.2 Å². The van der Waals surface area contributed by atoms with E-state index < -0.39 is 0 Å². The Morgan fingerprint density at radius 1 is 1.17 bits per heavy atom. The van der Waals surface area contributed by atoms with Crippen LogP contribution in [0, 0.1) is 0 Å². The lowest BCUT2D eigenvalue weighted by molar-refractivity contribution is 0.0595. The molecule has 0 bridgehead atoms. The molecule has 2 aromatic carbocycles. The molecule has 1 spiro atoms. The number of H-pyrrole nitrogens is 1. The van der Waals surface area contributed by atoms with Crippen LogP contribution in [0.5, 0.6) is 11.5 Å². The number of amides is 1. The summed E-state index contributed by atoms with van der Waals surface area (Å²) in [6.45, 7) is 4.02. The number of aromatic amines is 1. The Morgan fingerprint density at radius 3 is 2.73 bits per heavy atom. The van der Waals surface area contributed by atoms with Gasteiger partial charge in [-0.15, -0.1) is 0 Å². The number of aromatic nitrogens is 2. The molecule has 3 aliphatic rings. The molecule has 6 rings (SSSR count). The van der Waals surface area contributed by atoms with E-state index in [1.807, 2.05) is 18.2 Å². The summed E-state index contributed by atoms with van der Waals surface area (Å²) in [7, 11) is 0. The maximum Gasteiger partial charge on any atom is 0.256 e. The predicted molar refractivity (Wildman–Crippen MR) is 113 cm³/mol. The minimum Gasteiger partial charge on any atom is -0.486 e. The molecule has 1 aromatic heterocycles. The van der Waals surface area contributed by atoms with Gasteiger partial charge < -0.3 is 14.4 Å². The first-order valence-electron chi connectivity index (χ1n) is 10.8. The Bertz CT molecular complexity index is 1150. The smallest absolute Gasteiger partial charge is 0.256 e. The quantitative estimate of drug-likeness (QED) is 0.655. The molecule has 3 aromatic rings. The molecule has 1 amide bonds. The number of hydrogen-bond acceptors (Lipinski definition) is 4. The van der Waals surface area contributed by atoms with Gasteiger partial charge in [-0.25, -0.2) is 0 Å². The van der Waals surface area contributed by atoms with E-state index in [0.29, 0.717) is 18.8 Å². The van der Waals surface area contributed by atoms with Crippen LogP contribution in [0.1, 0.15) is 60.1 Å². The second-order valence-electron chi connectivity index (χ2n) is 8.82. The lowest BCUT2D eigenvalue weighted by Gasteiger charge is -2.46. The maximum atomic E-state index is 13.8. The SMILES string of the molecule is CC1c2cc3c(cc2C2(CCCC2)CN1C(=O)c1cccc2cn[nH]c12)OCCO3. The van der Waals surface area contributed by atoms with Gasteiger partial charge in [0.2, 0.25) is 0 Å². The lowest BCUT2D eigenvalue weighted by Crippen LogP contribution is -2.48. The number of carbonyl (C=O) groups excluding carboxylic acids is 1. The number of para-hydroxylation sites is 1. The normalized spacial score (nSPS) is 21.8. The Hall–Kier alpha value is -3.02.